The van der Waals surface area contributed by atoms with E-state index in [0.29, 0.717) is 5.92 Å². The van der Waals surface area contributed by atoms with Crippen LogP contribution in [0.25, 0.3) is 44.1 Å². The van der Waals surface area contributed by atoms with Gasteiger partial charge in [0.15, 0.2) is 5.78 Å². The van der Waals surface area contributed by atoms with Gasteiger partial charge in [0.1, 0.15) is 5.76 Å². The van der Waals surface area contributed by atoms with Crippen molar-refractivity contribution in [2.75, 3.05) is 0 Å². The van der Waals surface area contributed by atoms with Crippen molar-refractivity contribution in [1.82, 2.24) is 9.97 Å². The molecule has 0 spiro atoms. The summed E-state index contributed by atoms with van der Waals surface area (Å²) in [5, 5.41) is 13.5. The number of carbonyl (C=O) groups is 1. The van der Waals surface area contributed by atoms with Crippen LogP contribution in [0.5, 0.6) is 0 Å². The number of carbonyl (C=O) groups excluding carboxylic acids is 1. The van der Waals surface area contributed by atoms with E-state index in [4.69, 9.17) is 5.48 Å². The molecule has 6 aromatic rings. The summed E-state index contributed by atoms with van der Waals surface area (Å²) in [6.45, 7) is 20.2. The number of aromatic nitrogens is 2. The van der Waals surface area contributed by atoms with Crippen LogP contribution in [0, 0.1) is 58.1 Å². The number of ketones is 1. The second kappa shape index (κ2) is 21.7. The maximum Gasteiger partial charge on any atom is 0.162 e. The SMILES string of the molecule is CCC(CC)C(=O)/C=C(\O)C(C)(CC)CC.[2H]c1nc(-c2[c-]c(C)cc(C)c2)c2ccc(C)cc2c1[2H].[2H]c1nc(-c2[c-]c(C)cc(C)c2)c2ccc(C3CCCC3)cc2c1[2H].[Ir]. The Bertz CT molecular complexity index is 2550. The van der Waals surface area contributed by atoms with Gasteiger partial charge >= 0.3 is 0 Å². The maximum atomic E-state index is 11.9. The number of hydrogen-bond acceptors (Lipinski definition) is 4. The molecule has 0 bridgehead atoms. The number of pyridine rings is 2. The molecule has 0 atom stereocenters. The van der Waals surface area contributed by atoms with Gasteiger partial charge in [-0.05, 0) is 102 Å². The number of aliphatic hydroxyl groups is 1. The second-order valence-corrected chi connectivity index (χ2v) is 16.5. The van der Waals surface area contributed by atoms with Crippen LogP contribution in [0.1, 0.15) is 131 Å². The van der Waals surface area contributed by atoms with Crippen LogP contribution in [0.2, 0.25) is 0 Å². The number of aryl methyl sites for hydroxylation is 5. The summed E-state index contributed by atoms with van der Waals surface area (Å²) >= 11 is 0. The average Bonchev–Trinajstić information content (AvgIpc) is 3.79. The fraction of sp³-hybridized carbons (Fsp3) is 0.389. The molecule has 1 N–H and O–H groups in total. The molecule has 1 aliphatic carbocycles. The zero-order valence-corrected chi connectivity index (χ0v) is 39.1. The van der Waals surface area contributed by atoms with Gasteiger partial charge in [0.05, 0.1) is 5.48 Å². The number of rotatable bonds is 10. The molecule has 2 heterocycles. The first-order valence-electron chi connectivity index (χ1n) is 23.2. The van der Waals surface area contributed by atoms with Gasteiger partial charge in [-0.25, -0.2) is 0 Å². The van der Waals surface area contributed by atoms with Crippen molar-refractivity contribution in [1.29, 1.82) is 0 Å². The number of hydrogen-bond donors (Lipinski definition) is 1. The maximum absolute atomic E-state index is 11.9. The van der Waals surface area contributed by atoms with Gasteiger partial charge in [0.25, 0.3) is 0 Å². The van der Waals surface area contributed by atoms with E-state index in [1.807, 2.05) is 86.6 Å². The Kier molecular flexibility index (Phi) is 15.2. The van der Waals surface area contributed by atoms with Crippen molar-refractivity contribution >= 4 is 27.3 Å². The zero-order chi connectivity index (χ0) is 45.5. The van der Waals surface area contributed by atoms with Crippen LogP contribution in [-0.2, 0) is 24.9 Å². The zero-order valence-electron chi connectivity index (χ0n) is 40.7. The fourth-order valence-corrected chi connectivity index (χ4v) is 7.95. The quantitative estimate of drug-likeness (QED) is 0.0844. The minimum absolute atomic E-state index is 0. The Labute approximate surface area is 374 Å². The largest absolute Gasteiger partial charge is 0.512 e. The van der Waals surface area contributed by atoms with E-state index >= 15 is 0 Å². The molecule has 0 amide bonds. The third kappa shape index (κ3) is 12.1. The molecular weight excluding hydrogens is 901 g/mol. The third-order valence-electron chi connectivity index (χ3n) is 11.9. The summed E-state index contributed by atoms with van der Waals surface area (Å²) in [5.74, 6) is 0.965. The van der Waals surface area contributed by atoms with Gasteiger partial charge in [0, 0.05) is 49.9 Å². The summed E-state index contributed by atoms with van der Waals surface area (Å²) in [7, 11) is 0. The monoisotopic (exact) mass is 969 g/mol. The van der Waals surface area contributed by atoms with Gasteiger partial charge < -0.3 is 15.1 Å². The van der Waals surface area contributed by atoms with E-state index in [-0.39, 0.29) is 67.4 Å². The smallest absolute Gasteiger partial charge is 0.162 e. The summed E-state index contributed by atoms with van der Waals surface area (Å²) in [6, 6.07) is 27.7. The number of benzene rings is 4. The van der Waals surface area contributed by atoms with Crippen molar-refractivity contribution in [3.8, 4) is 22.5 Å². The molecule has 59 heavy (non-hydrogen) atoms. The van der Waals surface area contributed by atoms with Gasteiger partial charge in [-0.2, -0.15) is 0 Å². The van der Waals surface area contributed by atoms with Crippen molar-refractivity contribution in [2.24, 2.45) is 11.3 Å². The molecule has 1 radical (unpaired) electrons. The van der Waals surface area contributed by atoms with E-state index < -0.39 is 0 Å². The molecule has 7 rings (SSSR count). The van der Waals surface area contributed by atoms with Crippen molar-refractivity contribution < 1.29 is 35.5 Å². The molecule has 4 nitrogen and oxygen atoms in total. The topological polar surface area (TPSA) is 63.1 Å². The van der Waals surface area contributed by atoms with Crippen molar-refractivity contribution in [3.63, 3.8) is 0 Å². The Balaban J connectivity index is 0.000000212. The first kappa shape index (κ1) is 41.3. The molecule has 4 aromatic carbocycles. The first-order valence-corrected chi connectivity index (χ1v) is 21.2. The summed E-state index contributed by atoms with van der Waals surface area (Å²) in [4.78, 5) is 20.6. The van der Waals surface area contributed by atoms with Crippen LogP contribution in [0.3, 0.4) is 0 Å². The Morgan fingerprint density at radius 2 is 1.25 bits per heavy atom. The van der Waals surface area contributed by atoms with Gasteiger partial charge in [-0.3, -0.25) is 4.79 Å². The first-order chi connectivity index (χ1) is 29.4. The third-order valence-corrected chi connectivity index (χ3v) is 11.9. The van der Waals surface area contributed by atoms with Crippen LogP contribution < -0.4 is 0 Å². The van der Waals surface area contributed by atoms with Crippen LogP contribution >= 0.6 is 0 Å². The molecule has 1 fully saturated rings. The fourth-order valence-electron chi connectivity index (χ4n) is 7.95. The van der Waals surface area contributed by atoms with Crippen LogP contribution in [-0.4, -0.2) is 20.9 Å². The summed E-state index contributed by atoms with van der Waals surface area (Å²) in [5.41, 5.74) is 9.84. The molecule has 2 aromatic heterocycles. The Hall–Kier alpha value is -4.44. The number of aliphatic hydroxyl groups excluding tert-OH is 1. The molecular formula is C54H64IrN2O2-2. The second-order valence-electron chi connectivity index (χ2n) is 16.5. The normalized spacial score (nSPS) is 14.1. The van der Waals surface area contributed by atoms with E-state index in [9.17, 15) is 9.90 Å². The molecule has 0 saturated heterocycles. The summed E-state index contributed by atoms with van der Waals surface area (Å²) < 4.78 is 32.5. The minimum atomic E-state index is -0.248. The average molecular weight is 969 g/mol. The van der Waals surface area contributed by atoms with Crippen LogP contribution in [0.15, 0.2) is 96.9 Å². The Morgan fingerprint density at radius 1 is 0.763 bits per heavy atom. The van der Waals surface area contributed by atoms with Gasteiger partial charge in [-0.15, -0.1) is 69.8 Å². The minimum Gasteiger partial charge on any atom is -0.512 e. The molecule has 313 valence electrons. The number of fused-ring (bicyclic) bond motifs is 2. The molecule has 5 heteroatoms. The number of allylic oxidation sites excluding steroid dienone is 2. The van der Waals surface area contributed by atoms with Gasteiger partial charge in [-0.1, -0.05) is 117 Å². The summed E-state index contributed by atoms with van der Waals surface area (Å²) in [6.07, 6.45) is 9.93. The van der Waals surface area contributed by atoms with E-state index in [0.717, 1.165) is 97.6 Å². The molecule has 1 aliphatic rings. The van der Waals surface area contributed by atoms with Crippen molar-refractivity contribution in [3.05, 3.63) is 142 Å². The van der Waals surface area contributed by atoms with Gasteiger partial charge in [0.2, 0.25) is 0 Å². The standard InChI is InChI=1S/C22H22N.C18H16N.C14H26O2.Ir/c1-15-11-16(2)13-20(12-15)22-21-8-7-18(17-5-3-4-6-17)14-19(21)9-10-23-22;1-12-4-5-17-15(9-12)6-7-19-18(17)16-10-13(2)8-14(3)11-16;1-6-11(7-2)12(15)10-13(16)14(5,8-3)9-4;/h7-12,14,17H,3-6H2,1-2H3;4-10H,1-3H3;10-11,16H,6-9H2,1-5H3;/q2*-1;;/b;;13-10-;/i9D,10D;6D,7D;;. The van der Waals surface area contributed by atoms with Crippen LogP contribution in [0.4, 0.5) is 0 Å². The van der Waals surface area contributed by atoms with E-state index in [1.165, 1.54) is 37.3 Å². The van der Waals surface area contributed by atoms with Crippen molar-refractivity contribution in [2.45, 2.75) is 127 Å². The molecule has 0 unspecified atom stereocenters. The van der Waals surface area contributed by atoms with E-state index in [2.05, 4.69) is 65.4 Å². The van der Waals surface area contributed by atoms with E-state index in [1.54, 1.807) is 0 Å². The predicted molar refractivity (Wildman–Crippen MR) is 245 cm³/mol. The Morgan fingerprint density at radius 3 is 1.73 bits per heavy atom. The molecule has 0 aliphatic heterocycles. The molecule has 1 saturated carbocycles. The predicted octanol–water partition coefficient (Wildman–Crippen LogP) is 14.9. The number of nitrogens with zero attached hydrogens (tertiary/aromatic N) is 2.